The second-order valence-corrected chi connectivity index (χ2v) is 5.54. The van der Waals surface area contributed by atoms with E-state index >= 15 is 0 Å². The van der Waals surface area contributed by atoms with Gasteiger partial charge in [0.15, 0.2) is 0 Å². The molecule has 0 aromatic rings. The van der Waals surface area contributed by atoms with E-state index in [1.54, 1.807) is 6.92 Å². The number of carbonyl (C=O) groups is 1. The van der Waals surface area contributed by atoms with E-state index < -0.39 is 6.16 Å². The highest BCUT2D eigenvalue weighted by Gasteiger charge is 2.00. The van der Waals surface area contributed by atoms with Crippen molar-refractivity contribution in [3.8, 4) is 0 Å². The first-order valence-corrected chi connectivity index (χ1v) is 7.96. The fourth-order valence-corrected chi connectivity index (χ4v) is 2.03. The average Bonchev–Trinajstić information content (AvgIpc) is 2.36. The van der Waals surface area contributed by atoms with E-state index in [4.69, 9.17) is 4.74 Å². The fraction of sp³-hybridized carbons (Fsp3) is 0.938. The molecule has 0 amide bonds. The Kier molecular flexibility index (Phi) is 13.2. The number of ether oxygens (including phenoxy) is 2. The molecule has 3 heteroatoms. The highest BCUT2D eigenvalue weighted by molar-refractivity contribution is 5.59. The minimum absolute atomic E-state index is 0.385. The van der Waals surface area contributed by atoms with Crippen molar-refractivity contribution < 1.29 is 14.3 Å². The number of unbranched alkanes of at least 4 members (excludes halogenated alkanes) is 7. The van der Waals surface area contributed by atoms with Crippen LogP contribution in [0.5, 0.6) is 0 Å². The van der Waals surface area contributed by atoms with Crippen LogP contribution in [0.15, 0.2) is 0 Å². The first kappa shape index (κ1) is 18.3. The lowest BCUT2D eigenvalue weighted by atomic mass is 10.0. The first-order valence-electron chi connectivity index (χ1n) is 7.96. The molecule has 0 spiro atoms. The van der Waals surface area contributed by atoms with Gasteiger partial charge in [-0.25, -0.2) is 4.79 Å². The third-order valence-corrected chi connectivity index (χ3v) is 3.16. The summed E-state index contributed by atoms with van der Waals surface area (Å²) in [6, 6.07) is 0. The predicted octanol–water partition coefficient (Wildman–Crippen LogP) is 5.33. The van der Waals surface area contributed by atoms with E-state index in [2.05, 4.69) is 18.6 Å². The van der Waals surface area contributed by atoms with Crippen LogP contribution < -0.4 is 0 Å². The molecule has 0 rings (SSSR count). The van der Waals surface area contributed by atoms with Gasteiger partial charge in [0, 0.05) is 0 Å². The summed E-state index contributed by atoms with van der Waals surface area (Å²) in [7, 11) is 0. The van der Waals surface area contributed by atoms with Gasteiger partial charge in [0.1, 0.15) is 0 Å². The van der Waals surface area contributed by atoms with E-state index in [0.717, 1.165) is 18.8 Å². The van der Waals surface area contributed by atoms with Crippen molar-refractivity contribution in [2.24, 2.45) is 5.92 Å². The van der Waals surface area contributed by atoms with Crippen LogP contribution in [-0.2, 0) is 9.47 Å². The molecule has 19 heavy (non-hydrogen) atoms. The zero-order valence-corrected chi connectivity index (χ0v) is 13.1. The van der Waals surface area contributed by atoms with Gasteiger partial charge in [0.25, 0.3) is 0 Å². The zero-order chi connectivity index (χ0) is 14.3. The molecule has 0 fully saturated rings. The standard InChI is InChI=1S/C16H32O3/c1-4-18-16(17)19-14-12-10-8-6-5-7-9-11-13-15(2)3/h15H,4-14H2,1-3H3. The molecule has 0 N–H and O–H groups in total. The van der Waals surface area contributed by atoms with Crippen molar-refractivity contribution in [2.45, 2.75) is 78.6 Å². The van der Waals surface area contributed by atoms with Crippen LogP contribution in [-0.4, -0.2) is 19.4 Å². The largest absolute Gasteiger partial charge is 0.508 e. The summed E-state index contributed by atoms with van der Waals surface area (Å²) in [4.78, 5) is 10.9. The minimum atomic E-state index is -0.535. The summed E-state index contributed by atoms with van der Waals surface area (Å²) in [5.41, 5.74) is 0. The fourth-order valence-electron chi connectivity index (χ4n) is 2.03. The van der Waals surface area contributed by atoms with Crippen molar-refractivity contribution in [1.82, 2.24) is 0 Å². The molecular weight excluding hydrogens is 240 g/mol. The predicted molar refractivity (Wildman–Crippen MR) is 79.4 cm³/mol. The van der Waals surface area contributed by atoms with Crippen molar-refractivity contribution in [1.29, 1.82) is 0 Å². The summed E-state index contributed by atoms with van der Waals surface area (Å²) in [5.74, 6) is 0.847. The van der Waals surface area contributed by atoms with Gasteiger partial charge in [-0.15, -0.1) is 0 Å². The molecule has 0 heterocycles. The van der Waals surface area contributed by atoms with E-state index in [0.29, 0.717) is 13.2 Å². The van der Waals surface area contributed by atoms with Crippen LogP contribution in [0.2, 0.25) is 0 Å². The lowest BCUT2D eigenvalue weighted by Gasteiger charge is -2.05. The topological polar surface area (TPSA) is 35.5 Å². The summed E-state index contributed by atoms with van der Waals surface area (Å²) in [6.07, 6.45) is 10.9. The Labute approximate surface area is 119 Å². The summed E-state index contributed by atoms with van der Waals surface area (Å²) < 4.78 is 9.58. The molecule has 0 atom stereocenters. The molecule has 0 bridgehead atoms. The number of hydrogen-bond donors (Lipinski definition) is 0. The maximum Gasteiger partial charge on any atom is 0.508 e. The van der Waals surface area contributed by atoms with Gasteiger partial charge in [-0.2, -0.15) is 0 Å². The maximum atomic E-state index is 10.9. The number of rotatable bonds is 12. The molecule has 0 saturated heterocycles. The number of carbonyl (C=O) groups excluding carboxylic acids is 1. The molecule has 0 aliphatic heterocycles. The molecule has 0 aromatic heterocycles. The summed E-state index contributed by atoms with van der Waals surface area (Å²) in [5, 5.41) is 0. The van der Waals surface area contributed by atoms with Gasteiger partial charge in [0.2, 0.25) is 0 Å². The monoisotopic (exact) mass is 272 g/mol. The Hall–Kier alpha value is -0.730. The van der Waals surface area contributed by atoms with Crippen LogP contribution in [0, 0.1) is 5.92 Å². The van der Waals surface area contributed by atoms with E-state index in [9.17, 15) is 4.79 Å². The smallest absolute Gasteiger partial charge is 0.435 e. The van der Waals surface area contributed by atoms with Crippen molar-refractivity contribution in [2.75, 3.05) is 13.2 Å². The first-order chi connectivity index (χ1) is 9.16. The third kappa shape index (κ3) is 15.2. The van der Waals surface area contributed by atoms with Gasteiger partial charge in [-0.05, 0) is 19.3 Å². The zero-order valence-electron chi connectivity index (χ0n) is 13.1. The Morgan fingerprint density at radius 3 is 1.89 bits per heavy atom. The lowest BCUT2D eigenvalue weighted by Crippen LogP contribution is -2.07. The van der Waals surface area contributed by atoms with Gasteiger partial charge < -0.3 is 9.47 Å². The Balaban J connectivity index is 3.05. The van der Waals surface area contributed by atoms with Gasteiger partial charge in [-0.3, -0.25) is 0 Å². The molecule has 3 nitrogen and oxygen atoms in total. The molecule has 0 aliphatic carbocycles. The maximum absolute atomic E-state index is 10.9. The van der Waals surface area contributed by atoms with E-state index in [1.165, 1.54) is 44.9 Å². The average molecular weight is 272 g/mol. The van der Waals surface area contributed by atoms with Gasteiger partial charge in [-0.1, -0.05) is 65.2 Å². The second kappa shape index (κ2) is 13.7. The quantitative estimate of drug-likeness (QED) is 0.356. The normalized spacial score (nSPS) is 10.7. The molecule has 0 saturated carbocycles. The van der Waals surface area contributed by atoms with Crippen molar-refractivity contribution in [3.63, 3.8) is 0 Å². The highest BCUT2D eigenvalue weighted by Crippen LogP contribution is 2.12. The second-order valence-electron chi connectivity index (χ2n) is 5.54. The van der Waals surface area contributed by atoms with Gasteiger partial charge >= 0.3 is 6.16 Å². The van der Waals surface area contributed by atoms with E-state index in [1.807, 2.05) is 0 Å². The SMILES string of the molecule is CCOC(=O)OCCCCCCCCCCC(C)C. The van der Waals surface area contributed by atoms with Crippen LogP contribution in [0.4, 0.5) is 4.79 Å². The molecule has 0 unspecified atom stereocenters. The Morgan fingerprint density at radius 2 is 1.37 bits per heavy atom. The van der Waals surface area contributed by atoms with Gasteiger partial charge in [0.05, 0.1) is 13.2 Å². The Morgan fingerprint density at radius 1 is 0.842 bits per heavy atom. The van der Waals surface area contributed by atoms with E-state index in [-0.39, 0.29) is 0 Å². The van der Waals surface area contributed by atoms with Crippen LogP contribution in [0.25, 0.3) is 0 Å². The Bertz CT molecular complexity index is 202. The molecular formula is C16H32O3. The van der Waals surface area contributed by atoms with Crippen LogP contribution in [0.1, 0.15) is 78.6 Å². The molecule has 114 valence electrons. The molecule has 0 aromatic carbocycles. The highest BCUT2D eigenvalue weighted by atomic mass is 16.7. The third-order valence-electron chi connectivity index (χ3n) is 3.16. The number of hydrogen-bond acceptors (Lipinski definition) is 3. The van der Waals surface area contributed by atoms with Crippen LogP contribution >= 0.6 is 0 Å². The van der Waals surface area contributed by atoms with Crippen molar-refractivity contribution in [3.05, 3.63) is 0 Å². The summed E-state index contributed by atoms with van der Waals surface area (Å²) in [6.45, 7) is 7.24. The molecule has 0 aliphatic rings. The lowest BCUT2D eigenvalue weighted by molar-refractivity contribution is 0.0578. The van der Waals surface area contributed by atoms with Crippen LogP contribution in [0.3, 0.4) is 0 Å². The molecule has 0 radical (unpaired) electrons. The van der Waals surface area contributed by atoms with Crippen molar-refractivity contribution >= 4 is 6.16 Å². The minimum Gasteiger partial charge on any atom is -0.435 e. The summed E-state index contributed by atoms with van der Waals surface area (Å²) >= 11 is 0.